The van der Waals surface area contributed by atoms with E-state index in [1.165, 1.54) is 4.57 Å². The lowest BCUT2D eigenvalue weighted by molar-refractivity contribution is 0.797. The maximum atomic E-state index is 11.5. The van der Waals surface area contributed by atoms with Gasteiger partial charge in [-0.05, 0) is 12.1 Å². The molecule has 1 N–H and O–H groups in total. The van der Waals surface area contributed by atoms with Gasteiger partial charge in [-0.15, -0.1) is 6.58 Å². The number of allylic oxidation sites excluding steroid dienone is 1. The number of aromatic amines is 1. The molecule has 0 aliphatic heterocycles. The summed E-state index contributed by atoms with van der Waals surface area (Å²) in [5.74, 6) is 0. The smallest absolute Gasteiger partial charge is 0.316 e. The predicted octanol–water partition coefficient (Wildman–Crippen LogP) is 0.876. The Morgan fingerprint density at radius 3 is 2.80 bits per heavy atom. The predicted molar refractivity (Wildman–Crippen MR) is 59.0 cm³/mol. The summed E-state index contributed by atoms with van der Waals surface area (Å²) in [6, 6.07) is 7.17. The largest absolute Gasteiger partial charge is 0.317 e. The fraction of sp³-hybridized carbons (Fsp3) is 0.0909. The third-order valence-electron chi connectivity index (χ3n) is 2.19. The van der Waals surface area contributed by atoms with Gasteiger partial charge in [-0.2, -0.15) is 0 Å². The van der Waals surface area contributed by atoms with Crippen molar-refractivity contribution in [3.05, 3.63) is 57.6 Å². The van der Waals surface area contributed by atoms with E-state index in [9.17, 15) is 9.59 Å². The molecule has 2 aromatic rings. The van der Waals surface area contributed by atoms with Crippen LogP contribution in [-0.4, -0.2) is 9.55 Å². The molecule has 0 fully saturated rings. The number of benzene rings is 1. The highest BCUT2D eigenvalue weighted by atomic mass is 16.2. The lowest BCUT2D eigenvalue weighted by Crippen LogP contribution is -2.36. The van der Waals surface area contributed by atoms with Crippen molar-refractivity contribution in [3.63, 3.8) is 0 Å². The van der Waals surface area contributed by atoms with Gasteiger partial charge in [0.1, 0.15) is 0 Å². The Bertz CT molecular complexity index is 622. The molecule has 15 heavy (non-hydrogen) atoms. The Morgan fingerprint density at radius 2 is 2.07 bits per heavy atom. The van der Waals surface area contributed by atoms with Crippen molar-refractivity contribution in [2.24, 2.45) is 0 Å². The molecule has 4 nitrogen and oxygen atoms in total. The lowest BCUT2D eigenvalue weighted by atomic mass is 10.3. The summed E-state index contributed by atoms with van der Waals surface area (Å²) in [5, 5.41) is 0. The molecule has 2 rings (SSSR count). The normalized spacial score (nSPS) is 10.4. The van der Waals surface area contributed by atoms with Gasteiger partial charge in [0.25, 0.3) is 0 Å². The molecule has 1 heterocycles. The highest BCUT2D eigenvalue weighted by Crippen LogP contribution is 2.06. The summed E-state index contributed by atoms with van der Waals surface area (Å²) in [7, 11) is 0. The van der Waals surface area contributed by atoms with Crippen LogP contribution in [0.4, 0.5) is 0 Å². The number of H-pyrrole nitrogens is 1. The monoisotopic (exact) mass is 202 g/mol. The molecule has 0 radical (unpaired) electrons. The van der Waals surface area contributed by atoms with E-state index < -0.39 is 11.1 Å². The lowest BCUT2D eigenvalue weighted by Gasteiger charge is -2.05. The Balaban J connectivity index is 2.95. The number of nitrogens with one attached hydrogen (secondary N) is 1. The van der Waals surface area contributed by atoms with E-state index >= 15 is 0 Å². The average Bonchev–Trinajstić information content (AvgIpc) is 2.25. The third kappa shape index (κ3) is 1.50. The van der Waals surface area contributed by atoms with Gasteiger partial charge in [-0.25, -0.2) is 0 Å². The van der Waals surface area contributed by atoms with Crippen LogP contribution >= 0.6 is 0 Å². The molecular formula is C11H10N2O2. The standard InChI is InChI=1S/C11H10N2O2/c1-2-7-13-9-6-4-3-5-8(9)12-10(14)11(13)15/h2-6H,1,7H2,(H,12,14). The number of para-hydroxylation sites is 2. The zero-order valence-corrected chi connectivity index (χ0v) is 8.06. The number of hydrogen-bond donors (Lipinski definition) is 1. The Kier molecular flexibility index (Phi) is 2.25. The van der Waals surface area contributed by atoms with Crippen molar-refractivity contribution in [2.45, 2.75) is 6.54 Å². The topological polar surface area (TPSA) is 54.9 Å². The summed E-state index contributed by atoms with van der Waals surface area (Å²) in [5.41, 5.74) is 0.218. The van der Waals surface area contributed by atoms with Crippen LogP contribution in [0.1, 0.15) is 0 Å². The van der Waals surface area contributed by atoms with Crippen LogP contribution in [0.2, 0.25) is 0 Å². The maximum Gasteiger partial charge on any atom is 0.317 e. The van der Waals surface area contributed by atoms with E-state index in [1.54, 1.807) is 24.3 Å². The quantitative estimate of drug-likeness (QED) is 0.580. The summed E-state index contributed by atoms with van der Waals surface area (Å²) >= 11 is 0. The Morgan fingerprint density at radius 1 is 1.33 bits per heavy atom. The van der Waals surface area contributed by atoms with Crippen molar-refractivity contribution in [1.82, 2.24) is 9.55 Å². The van der Waals surface area contributed by atoms with Crippen LogP contribution in [0.15, 0.2) is 46.5 Å². The second-order valence-electron chi connectivity index (χ2n) is 3.18. The average molecular weight is 202 g/mol. The van der Waals surface area contributed by atoms with Gasteiger partial charge in [-0.3, -0.25) is 14.2 Å². The molecule has 0 saturated carbocycles. The fourth-order valence-electron chi connectivity index (χ4n) is 1.53. The van der Waals surface area contributed by atoms with Crippen molar-refractivity contribution in [2.75, 3.05) is 0 Å². The number of nitrogens with zero attached hydrogens (tertiary/aromatic N) is 1. The van der Waals surface area contributed by atoms with E-state index in [0.717, 1.165) is 0 Å². The van der Waals surface area contributed by atoms with Crippen molar-refractivity contribution < 1.29 is 0 Å². The Hall–Kier alpha value is -2.10. The first-order chi connectivity index (χ1) is 7.24. The number of fused-ring (bicyclic) bond motifs is 1. The van der Waals surface area contributed by atoms with E-state index in [-0.39, 0.29) is 0 Å². The van der Waals surface area contributed by atoms with Crippen LogP contribution < -0.4 is 11.1 Å². The van der Waals surface area contributed by atoms with Crippen molar-refractivity contribution in [3.8, 4) is 0 Å². The van der Waals surface area contributed by atoms with Crippen molar-refractivity contribution in [1.29, 1.82) is 0 Å². The molecule has 0 atom stereocenters. The third-order valence-corrected chi connectivity index (χ3v) is 2.19. The zero-order chi connectivity index (χ0) is 10.8. The van der Waals surface area contributed by atoms with Crippen LogP contribution in [0.25, 0.3) is 11.0 Å². The SMILES string of the molecule is C=CCn1c(=O)c(=O)[nH]c2ccccc21. The minimum Gasteiger partial charge on any atom is -0.316 e. The molecular weight excluding hydrogens is 192 g/mol. The van der Waals surface area contributed by atoms with E-state index in [1.807, 2.05) is 6.07 Å². The fourth-order valence-corrected chi connectivity index (χ4v) is 1.53. The van der Waals surface area contributed by atoms with Gasteiger partial charge in [0.2, 0.25) is 0 Å². The molecule has 0 saturated heterocycles. The number of hydrogen-bond acceptors (Lipinski definition) is 2. The molecule has 0 amide bonds. The molecule has 76 valence electrons. The molecule has 1 aromatic heterocycles. The van der Waals surface area contributed by atoms with Crippen LogP contribution in [0.3, 0.4) is 0 Å². The summed E-state index contributed by atoms with van der Waals surface area (Å²) in [4.78, 5) is 25.4. The van der Waals surface area contributed by atoms with Gasteiger partial charge < -0.3 is 4.98 Å². The molecule has 0 spiro atoms. The maximum absolute atomic E-state index is 11.5. The molecule has 0 unspecified atom stereocenters. The van der Waals surface area contributed by atoms with Crippen LogP contribution in [0, 0.1) is 0 Å². The second-order valence-corrected chi connectivity index (χ2v) is 3.18. The summed E-state index contributed by atoms with van der Waals surface area (Å²) < 4.78 is 1.40. The summed E-state index contributed by atoms with van der Waals surface area (Å²) in [6.07, 6.45) is 1.59. The minimum absolute atomic E-state index is 0.337. The summed E-state index contributed by atoms with van der Waals surface area (Å²) in [6.45, 7) is 3.90. The Labute approximate surface area is 85.5 Å². The van der Waals surface area contributed by atoms with Crippen molar-refractivity contribution >= 4 is 11.0 Å². The van der Waals surface area contributed by atoms with Gasteiger partial charge in [0, 0.05) is 6.54 Å². The first-order valence-electron chi connectivity index (χ1n) is 4.57. The van der Waals surface area contributed by atoms with E-state index in [4.69, 9.17) is 0 Å². The van der Waals surface area contributed by atoms with Gasteiger partial charge in [0.05, 0.1) is 11.0 Å². The molecule has 1 aromatic carbocycles. The van der Waals surface area contributed by atoms with Crippen LogP contribution in [-0.2, 0) is 6.54 Å². The molecule has 0 aliphatic carbocycles. The first kappa shape index (κ1) is 9.45. The van der Waals surface area contributed by atoms with Gasteiger partial charge in [0.15, 0.2) is 0 Å². The second kappa shape index (κ2) is 3.57. The zero-order valence-electron chi connectivity index (χ0n) is 8.06. The van der Waals surface area contributed by atoms with Crippen LogP contribution in [0.5, 0.6) is 0 Å². The first-order valence-corrected chi connectivity index (χ1v) is 4.57. The van der Waals surface area contributed by atoms with Gasteiger partial charge in [-0.1, -0.05) is 18.2 Å². The van der Waals surface area contributed by atoms with E-state index in [2.05, 4.69) is 11.6 Å². The number of rotatable bonds is 2. The highest BCUT2D eigenvalue weighted by Gasteiger charge is 2.04. The minimum atomic E-state index is -0.601. The number of aromatic nitrogens is 2. The van der Waals surface area contributed by atoms with E-state index in [0.29, 0.717) is 17.6 Å². The van der Waals surface area contributed by atoms with Gasteiger partial charge >= 0.3 is 11.1 Å². The molecule has 4 heteroatoms. The molecule has 0 bridgehead atoms. The highest BCUT2D eigenvalue weighted by molar-refractivity contribution is 5.74. The molecule has 0 aliphatic rings.